The van der Waals surface area contributed by atoms with Crippen molar-refractivity contribution in [2.75, 3.05) is 13.1 Å². The molecule has 0 radical (unpaired) electrons. The Bertz CT molecular complexity index is 712. The van der Waals surface area contributed by atoms with Gasteiger partial charge in [-0.25, -0.2) is 9.78 Å². The van der Waals surface area contributed by atoms with Crippen molar-refractivity contribution in [3.05, 3.63) is 28.5 Å². The van der Waals surface area contributed by atoms with Gasteiger partial charge in [0.2, 0.25) is 0 Å². The van der Waals surface area contributed by atoms with Crippen LogP contribution in [0.15, 0.2) is 22.8 Å². The van der Waals surface area contributed by atoms with Crippen LogP contribution in [0, 0.1) is 0 Å². The first-order valence-electron chi connectivity index (χ1n) is 7.94. The summed E-state index contributed by atoms with van der Waals surface area (Å²) >= 11 is 3.56. The van der Waals surface area contributed by atoms with Gasteiger partial charge in [-0.15, -0.1) is 0 Å². The molecule has 1 aliphatic heterocycles. The van der Waals surface area contributed by atoms with E-state index in [1.807, 2.05) is 26.8 Å². The van der Waals surface area contributed by atoms with Gasteiger partial charge in [-0.1, -0.05) is 0 Å². The van der Waals surface area contributed by atoms with E-state index in [2.05, 4.69) is 32.0 Å². The van der Waals surface area contributed by atoms with Crippen LogP contribution in [0.5, 0.6) is 0 Å². The largest absolute Gasteiger partial charge is 0.444 e. The average Bonchev–Trinajstić information content (AvgIpc) is 2.91. The van der Waals surface area contributed by atoms with Crippen LogP contribution in [-0.4, -0.2) is 39.7 Å². The highest BCUT2D eigenvalue weighted by molar-refractivity contribution is 9.10. The summed E-state index contributed by atoms with van der Waals surface area (Å²) in [5.41, 5.74) is 1.66. The van der Waals surface area contributed by atoms with E-state index in [1.54, 1.807) is 11.1 Å². The summed E-state index contributed by atoms with van der Waals surface area (Å²) in [5.74, 6) is 0.426. The van der Waals surface area contributed by atoms with Crippen molar-refractivity contribution in [1.29, 1.82) is 0 Å². The Morgan fingerprint density at radius 3 is 2.70 bits per heavy atom. The van der Waals surface area contributed by atoms with Crippen LogP contribution in [0.1, 0.15) is 45.2 Å². The molecule has 3 heterocycles. The molecule has 3 rings (SSSR count). The molecule has 1 saturated heterocycles. The van der Waals surface area contributed by atoms with Crippen molar-refractivity contribution < 1.29 is 9.53 Å². The number of carbonyl (C=O) groups excluding carboxylic acids is 1. The van der Waals surface area contributed by atoms with Crippen molar-refractivity contribution in [3.8, 4) is 0 Å². The second-order valence-electron chi connectivity index (χ2n) is 7.02. The number of nitrogens with zero attached hydrogens (tertiary/aromatic N) is 2. The Hall–Kier alpha value is -1.56. The summed E-state index contributed by atoms with van der Waals surface area (Å²) in [6.45, 7) is 7.14. The Labute approximate surface area is 144 Å². The zero-order valence-electron chi connectivity index (χ0n) is 13.7. The summed E-state index contributed by atoms with van der Waals surface area (Å²) in [5, 5.41) is 1.11. The number of carbonyl (C=O) groups is 1. The van der Waals surface area contributed by atoms with Crippen LogP contribution in [0.2, 0.25) is 0 Å². The lowest BCUT2D eigenvalue weighted by Gasteiger charge is -2.33. The molecule has 0 atom stereocenters. The number of amides is 1. The number of likely N-dealkylation sites (tertiary alicyclic amines) is 1. The molecule has 5 nitrogen and oxygen atoms in total. The topological polar surface area (TPSA) is 58.2 Å². The van der Waals surface area contributed by atoms with Gasteiger partial charge in [-0.2, -0.15) is 0 Å². The molecule has 0 aliphatic carbocycles. The van der Waals surface area contributed by atoms with E-state index in [-0.39, 0.29) is 6.09 Å². The van der Waals surface area contributed by atoms with E-state index in [1.165, 1.54) is 5.69 Å². The first kappa shape index (κ1) is 16.3. The van der Waals surface area contributed by atoms with Crippen LogP contribution >= 0.6 is 15.9 Å². The number of piperidine rings is 1. The number of rotatable bonds is 1. The molecule has 1 fully saturated rings. The first-order valence-corrected chi connectivity index (χ1v) is 8.74. The Balaban J connectivity index is 1.66. The lowest BCUT2D eigenvalue weighted by Crippen LogP contribution is -2.41. The third kappa shape index (κ3) is 3.68. The monoisotopic (exact) mass is 379 g/mol. The fourth-order valence-corrected chi connectivity index (χ4v) is 3.35. The maximum Gasteiger partial charge on any atom is 0.410 e. The molecule has 0 spiro atoms. The van der Waals surface area contributed by atoms with Gasteiger partial charge in [0.1, 0.15) is 11.2 Å². The standard InChI is InChI=1S/C17H22BrN3O2/c1-17(2,3)23-16(22)21-8-5-11(6-9-21)14-10-12-13(18)4-7-19-15(12)20-14/h4,7,10-11H,5-6,8-9H2,1-3H3,(H,19,20). The maximum atomic E-state index is 12.1. The van der Waals surface area contributed by atoms with Gasteiger partial charge in [0.15, 0.2) is 0 Å². The van der Waals surface area contributed by atoms with Gasteiger partial charge >= 0.3 is 6.09 Å². The van der Waals surface area contributed by atoms with Gasteiger partial charge in [-0.3, -0.25) is 0 Å². The van der Waals surface area contributed by atoms with Crippen molar-refractivity contribution in [1.82, 2.24) is 14.9 Å². The molecule has 1 amide bonds. The number of ether oxygens (including phenoxy) is 1. The number of aromatic amines is 1. The van der Waals surface area contributed by atoms with E-state index >= 15 is 0 Å². The molecular weight excluding hydrogens is 358 g/mol. The fraction of sp³-hybridized carbons (Fsp3) is 0.529. The van der Waals surface area contributed by atoms with Crippen molar-refractivity contribution in [2.24, 2.45) is 0 Å². The Morgan fingerprint density at radius 2 is 2.09 bits per heavy atom. The maximum absolute atomic E-state index is 12.1. The first-order chi connectivity index (χ1) is 10.8. The molecule has 0 bridgehead atoms. The average molecular weight is 380 g/mol. The molecule has 2 aromatic heterocycles. The zero-order chi connectivity index (χ0) is 16.6. The highest BCUT2D eigenvalue weighted by Crippen LogP contribution is 2.32. The molecule has 6 heteroatoms. The minimum absolute atomic E-state index is 0.211. The van der Waals surface area contributed by atoms with Gasteiger partial charge in [0.25, 0.3) is 0 Å². The smallest absolute Gasteiger partial charge is 0.410 e. The van der Waals surface area contributed by atoms with Crippen LogP contribution in [-0.2, 0) is 4.74 Å². The zero-order valence-corrected chi connectivity index (χ0v) is 15.3. The van der Waals surface area contributed by atoms with Crippen LogP contribution in [0.25, 0.3) is 11.0 Å². The fourth-order valence-electron chi connectivity index (χ4n) is 2.93. The van der Waals surface area contributed by atoms with E-state index in [0.29, 0.717) is 5.92 Å². The third-order valence-electron chi connectivity index (χ3n) is 4.09. The normalized spacial score (nSPS) is 16.8. The number of H-pyrrole nitrogens is 1. The van der Waals surface area contributed by atoms with Crippen LogP contribution in [0.4, 0.5) is 4.79 Å². The highest BCUT2D eigenvalue weighted by Gasteiger charge is 2.28. The number of aromatic nitrogens is 2. The molecule has 124 valence electrons. The van der Waals surface area contributed by atoms with E-state index in [4.69, 9.17) is 4.74 Å². The van der Waals surface area contributed by atoms with Crippen molar-refractivity contribution in [3.63, 3.8) is 0 Å². The molecule has 23 heavy (non-hydrogen) atoms. The number of halogens is 1. The number of pyridine rings is 1. The molecular formula is C17H22BrN3O2. The lowest BCUT2D eigenvalue weighted by atomic mass is 9.94. The summed E-state index contributed by atoms with van der Waals surface area (Å²) in [4.78, 5) is 21.7. The summed E-state index contributed by atoms with van der Waals surface area (Å²) < 4.78 is 6.50. The second kappa shape index (κ2) is 6.15. The van der Waals surface area contributed by atoms with Gasteiger partial charge in [-0.05, 0) is 61.7 Å². The second-order valence-corrected chi connectivity index (χ2v) is 7.88. The van der Waals surface area contributed by atoms with Crippen LogP contribution < -0.4 is 0 Å². The summed E-state index contributed by atoms with van der Waals surface area (Å²) in [6.07, 6.45) is 3.45. The van der Waals surface area contributed by atoms with Gasteiger partial charge < -0.3 is 14.6 Å². The Morgan fingerprint density at radius 1 is 1.39 bits per heavy atom. The van der Waals surface area contributed by atoms with Crippen LogP contribution in [0.3, 0.4) is 0 Å². The minimum Gasteiger partial charge on any atom is -0.444 e. The SMILES string of the molecule is CC(C)(C)OC(=O)N1CCC(c2cc3c(Br)ccnc3[nH]2)CC1. The minimum atomic E-state index is -0.441. The van der Waals surface area contributed by atoms with Crippen molar-refractivity contribution >= 4 is 33.1 Å². The summed E-state index contributed by atoms with van der Waals surface area (Å²) in [7, 11) is 0. The molecule has 2 aromatic rings. The van der Waals surface area contributed by atoms with E-state index in [0.717, 1.165) is 41.4 Å². The van der Waals surface area contributed by atoms with E-state index < -0.39 is 5.60 Å². The quantitative estimate of drug-likeness (QED) is 0.796. The lowest BCUT2D eigenvalue weighted by molar-refractivity contribution is 0.0204. The predicted octanol–water partition coefficient (Wildman–Crippen LogP) is 4.44. The van der Waals surface area contributed by atoms with E-state index in [9.17, 15) is 4.79 Å². The highest BCUT2D eigenvalue weighted by atomic mass is 79.9. The number of hydrogen-bond acceptors (Lipinski definition) is 3. The molecule has 1 aliphatic rings. The molecule has 0 unspecified atom stereocenters. The molecule has 0 saturated carbocycles. The molecule has 0 aromatic carbocycles. The number of nitrogens with one attached hydrogen (secondary N) is 1. The molecule has 1 N–H and O–H groups in total. The van der Waals surface area contributed by atoms with Gasteiger partial charge in [0.05, 0.1) is 0 Å². The number of fused-ring (bicyclic) bond motifs is 1. The third-order valence-corrected chi connectivity index (χ3v) is 4.78. The number of hydrogen-bond donors (Lipinski definition) is 1. The van der Waals surface area contributed by atoms with Crippen molar-refractivity contribution in [2.45, 2.75) is 45.1 Å². The Kier molecular flexibility index (Phi) is 4.36. The van der Waals surface area contributed by atoms with Gasteiger partial charge in [0, 0.05) is 40.8 Å². The predicted molar refractivity (Wildman–Crippen MR) is 93.6 cm³/mol. The summed E-state index contributed by atoms with van der Waals surface area (Å²) in [6, 6.07) is 4.12.